The highest BCUT2D eigenvalue weighted by Crippen LogP contribution is 2.46. The molecule has 3 heteroatoms. The summed E-state index contributed by atoms with van der Waals surface area (Å²) < 4.78 is 1.98. The van der Waals surface area contributed by atoms with Gasteiger partial charge in [0, 0.05) is 13.2 Å². The lowest BCUT2D eigenvalue weighted by Gasteiger charge is -2.17. The van der Waals surface area contributed by atoms with Gasteiger partial charge in [-0.25, -0.2) is 0 Å². The van der Waals surface area contributed by atoms with E-state index >= 15 is 0 Å². The zero-order valence-corrected chi connectivity index (χ0v) is 9.20. The van der Waals surface area contributed by atoms with Crippen LogP contribution in [-0.4, -0.2) is 16.3 Å². The van der Waals surface area contributed by atoms with Gasteiger partial charge in [0.25, 0.3) is 0 Å². The van der Waals surface area contributed by atoms with Crippen molar-refractivity contribution in [3.8, 4) is 0 Å². The number of nitrogens with zero attached hydrogens (tertiary/aromatic N) is 2. The fraction of sp³-hybridized carbons (Fsp3) is 0.727. The molecule has 1 aromatic heterocycles. The number of rotatable bonds is 4. The normalized spacial score (nSPS) is 27.6. The van der Waals surface area contributed by atoms with Crippen LogP contribution in [0.4, 0.5) is 0 Å². The molecule has 1 saturated carbocycles. The van der Waals surface area contributed by atoms with Gasteiger partial charge in [0.2, 0.25) is 0 Å². The van der Waals surface area contributed by atoms with Crippen LogP contribution < -0.4 is 5.32 Å². The summed E-state index contributed by atoms with van der Waals surface area (Å²) in [4.78, 5) is 0. The smallest absolute Gasteiger partial charge is 0.0553 e. The predicted molar refractivity (Wildman–Crippen MR) is 56.9 cm³/mol. The van der Waals surface area contributed by atoms with E-state index in [0.717, 1.165) is 18.4 Å². The van der Waals surface area contributed by atoms with Crippen LogP contribution in [0, 0.1) is 11.8 Å². The molecular formula is C11H19N3. The summed E-state index contributed by atoms with van der Waals surface area (Å²) in [5.41, 5.74) is 1.32. The van der Waals surface area contributed by atoms with E-state index in [1.54, 1.807) is 0 Å². The van der Waals surface area contributed by atoms with Crippen LogP contribution in [-0.2, 0) is 7.05 Å². The molecule has 0 spiro atoms. The van der Waals surface area contributed by atoms with Gasteiger partial charge in [0.1, 0.15) is 0 Å². The van der Waals surface area contributed by atoms with Gasteiger partial charge in [-0.1, -0.05) is 13.8 Å². The first-order chi connectivity index (χ1) is 6.74. The Labute approximate surface area is 85.5 Å². The Morgan fingerprint density at radius 1 is 1.71 bits per heavy atom. The van der Waals surface area contributed by atoms with E-state index in [1.165, 1.54) is 12.1 Å². The van der Waals surface area contributed by atoms with Crippen molar-refractivity contribution in [1.29, 1.82) is 0 Å². The second-order valence-electron chi connectivity index (χ2n) is 4.29. The molecule has 0 bridgehead atoms. The maximum Gasteiger partial charge on any atom is 0.0553 e. The Hall–Kier alpha value is -0.830. The lowest BCUT2D eigenvalue weighted by Crippen LogP contribution is -2.25. The second kappa shape index (κ2) is 3.73. The van der Waals surface area contributed by atoms with Crippen molar-refractivity contribution >= 4 is 0 Å². The van der Waals surface area contributed by atoms with Crippen LogP contribution in [0.1, 0.15) is 32.0 Å². The van der Waals surface area contributed by atoms with Crippen LogP contribution in [0.2, 0.25) is 0 Å². The molecule has 1 heterocycles. The van der Waals surface area contributed by atoms with E-state index in [4.69, 9.17) is 0 Å². The van der Waals surface area contributed by atoms with Gasteiger partial charge in [-0.15, -0.1) is 0 Å². The minimum atomic E-state index is 0.502. The van der Waals surface area contributed by atoms with E-state index in [1.807, 2.05) is 17.9 Å². The average molecular weight is 193 g/mol. The topological polar surface area (TPSA) is 29.9 Å². The third-order valence-electron chi connectivity index (χ3n) is 3.20. The summed E-state index contributed by atoms with van der Waals surface area (Å²) in [5, 5.41) is 7.79. The molecular weight excluding hydrogens is 174 g/mol. The van der Waals surface area contributed by atoms with E-state index in [0.29, 0.717) is 6.04 Å². The third kappa shape index (κ3) is 1.69. The Balaban J connectivity index is 2.14. The van der Waals surface area contributed by atoms with Crippen LogP contribution in [0.15, 0.2) is 12.3 Å². The van der Waals surface area contributed by atoms with Gasteiger partial charge >= 0.3 is 0 Å². The SMILES string of the molecule is CCNC(c1ccnn1C)C1CC1C. The van der Waals surface area contributed by atoms with Crippen molar-refractivity contribution in [1.82, 2.24) is 15.1 Å². The lowest BCUT2D eigenvalue weighted by atomic mass is 10.1. The first-order valence-corrected chi connectivity index (χ1v) is 5.45. The van der Waals surface area contributed by atoms with Crippen molar-refractivity contribution in [2.75, 3.05) is 6.54 Å². The number of nitrogens with one attached hydrogen (secondary N) is 1. The van der Waals surface area contributed by atoms with Gasteiger partial charge in [0.05, 0.1) is 11.7 Å². The molecule has 0 aliphatic heterocycles. The summed E-state index contributed by atoms with van der Waals surface area (Å²) in [5.74, 6) is 1.68. The fourth-order valence-electron chi connectivity index (χ4n) is 2.20. The highest BCUT2D eigenvalue weighted by Gasteiger charge is 2.40. The molecule has 1 N–H and O–H groups in total. The molecule has 1 aliphatic rings. The molecule has 3 atom stereocenters. The summed E-state index contributed by atoms with van der Waals surface area (Å²) in [6, 6.07) is 2.63. The minimum absolute atomic E-state index is 0.502. The van der Waals surface area contributed by atoms with E-state index in [2.05, 4.69) is 30.3 Å². The predicted octanol–water partition coefficient (Wildman–Crippen LogP) is 1.73. The standard InChI is InChI=1S/C11H19N3/c1-4-12-11(9-7-8(9)2)10-5-6-13-14(10)3/h5-6,8-9,11-12H,4,7H2,1-3H3. The molecule has 0 amide bonds. The zero-order valence-electron chi connectivity index (χ0n) is 9.20. The molecule has 1 fully saturated rings. The Kier molecular flexibility index (Phi) is 2.59. The molecule has 0 radical (unpaired) electrons. The molecule has 0 saturated heterocycles. The Morgan fingerprint density at radius 3 is 2.86 bits per heavy atom. The molecule has 1 aliphatic carbocycles. The van der Waals surface area contributed by atoms with E-state index in [9.17, 15) is 0 Å². The van der Waals surface area contributed by atoms with Gasteiger partial charge in [-0.3, -0.25) is 4.68 Å². The summed E-state index contributed by atoms with van der Waals surface area (Å²) in [7, 11) is 2.02. The Bertz CT molecular complexity index is 305. The minimum Gasteiger partial charge on any atom is -0.309 e. The van der Waals surface area contributed by atoms with Gasteiger partial charge in [0.15, 0.2) is 0 Å². The van der Waals surface area contributed by atoms with Gasteiger partial charge < -0.3 is 5.32 Å². The fourth-order valence-corrected chi connectivity index (χ4v) is 2.20. The van der Waals surface area contributed by atoms with Crippen LogP contribution in [0.25, 0.3) is 0 Å². The zero-order chi connectivity index (χ0) is 10.1. The summed E-state index contributed by atoms with van der Waals surface area (Å²) in [6.45, 7) is 5.51. The molecule has 2 rings (SSSR count). The van der Waals surface area contributed by atoms with Crippen molar-refractivity contribution < 1.29 is 0 Å². The second-order valence-corrected chi connectivity index (χ2v) is 4.29. The number of aromatic nitrogens is 2. The Morgan fingerprint density at radius 2 is 2.43 bits per heavy atom. The average Bonchev–Trinajstić information content (AvgIpc) is 2.71. The number of aryl methyl sites for hydroxylation is 1. The maximum atomic E-state index is 4.23. The molecule has 1 aromatic rings. The molecule has 78 valence electrons. The van der Waals surface area contributed by atoms with Crippen LogP contribution >= 0.6 is 0 Å². The van der Waals surface area contributed by atoms with Gasteiger partial charge in [-0.2, -0.15) is 5.10 Å². The monoisotopic (exact) mass is 193 g/mol. The molecule has 3 unspecified atom stereocenters. The highest BCUT2D eigenvalue weighted by atomic mass is 15.3. The largest absolute Gasteiger partial charge is 0.309 e. The first-order valence-electron chi connectivity index (χ1n) is 5.45. The number of hydrogen-bond donors (Lipinski definition) is 1. The van der Waals surface area contributed by atoms with Crippen molar-refractivity contribution in [3.63, 3.8) is 0 Å². The van der Waals surface area contributed by atoms with Crippen molar-refractivity contribution in [2.24, 2.45) is 18.9 Å². The van der Waals surface area contributed by atoms with E-state index < -0.39 is 0 Å². The number of hydrogen-bond acceptors (Lipinski definition) is 2. The first kappa shape index (κ1) is 9.71. The highest BCUT2D eigenvalue weighted by molar-refractivity contribution is 5.12. The van der Waals surface area contributed by atoms with Crippen molar-refractivity contribution in [3.05, 3.63) is 18.0 Å². The van der Waals surface area contributed by atoms with Crippen LogP contribution in [0.5, 0.6) is 0 Å². The quantitative estimate of drug-likeness (QED) is 0.789. The lowest BCUT2D eigenvalue weighted by molar-refractivity contribution is 0.446. The van der Waals surface area contributed by atoms with Crippen LogP contribution in [0.3, 0.4) is 0 Å². The summed E-state index contributed by atoms with van der Waals surface area (Å²) in [6.07, 6.45) is 3.23. The molecule has 14 heavy (non-hydrogen) atoms. The third-order valence-corrected chi connectivity index (χ3v) is 3.20. The molecule has 0 aromatic carbocycles. The molecule has 3 nitrogen and oxygen atoms in total. The maximum absolute atomic E-state index is 4.23. The van der Waals surface area contributed by atoms with Gasteiger partial charge in [-0.05, 0) is 30.9 Å². The van der Waals surface area contributed by atoms with Crippen molar-refractivity contribution in [2.45, 2.75) is 26.3 Å². The van der Waals surface area contributed by atoms with E-state index in [-0.39, 0.29) is 0 Å². The summed E-state index contributed by atoms with van der Waals surface area (Å²) >= 11 is 0.